The van der Waals surface area contributed by atoms with Gasteiger partial charge in [0.05, 0.1) is 6.61 Å². The number of nitrogens with one attached hydrogen (secondary N) is 1. The quantitative estimate of drug-likeness (QED) is 0.702. The van der Waals surface area contributed by atoms with Gasteiger partial charge in [0.25, 0.3) is 0 Å². The summed E-state index contributed by atoms with van der Waals surface area (Å²) < 4.78 is 7.74. The smallest absolute Gasteiger partial charge is 0.0645 e. The predicted molar refractivity (Wildman–Crippen MR) is 70.1 cm³/mol. The molecule has 1 aliphatic rings. The van der Waals surface area contributed by atoms with Gasteiger partial charge in [-0.05, 0) is 43.9 Å². The second-order valence-electron chi connectivity index (χ2n) is 4.90. The van der Waals surface area contributed by atoms with E-state index in [1.54, 1.807) is 0 Å². The first-order chi connectivity index (χ1) is 8.35. The van der Waals surface area contributed by atoms with Crippen molar-refractivity contribution in [1.82, 2.24) is 9.88 Å². The molecule has 0 radical (unpaired) electrons. The van der Waals surface area contributed by atoms with E-state index in [9.17, 15) is 0 Å². The molecule has 0 spiro atoms. The lowest BCUT2D eigenvalue weighted by Gasteiger charge is -2.13. The maximum absolute atomic E-state index is 5.51. The minimum atomic E-state index is 0.549. The summed E-state index contributed by atoms with van der Waals surface area (Å²) in [6.07, 6.45) is 8.26. The van der Waals surface area contributed by atoms with Crippen LogP contribution in [0.5, 0.6) is 0 Å². The van der Waals surface area contributed by atoms with Gasteiger partial charge in [-0.2, -0.15) is 0 Å². The van der Waals surface area contributed by atoms with Crippen LogP contribution in [0.15, 0.2) is 18.5 Å². The average molecular weight is 236 g/mol. The molecule has 2 rings (SSSR count). The molecule has 1 saturated carbocycles. The summed E-state index contributed by atoms with van der Waals surface area (Å²) in [6, 6.07) is 2.78. The normalized spacial score (nSPS) is 17.3. The fourth-order valence-corrected chi connectivity index (χ4v) is 2.30. The average Bonchev–Trinajstić information content (AvgIpc) is 3.06. The zero-order valence-corrected chi connectivity index (χ0v) is 11.0. The number of rotatable bonds is 8. The Morgan fingerprint density at radius 2 is 2.29 bits per heavy atom. The fourth-order valence-electron chi connectivity index (χ4n) is 2.30. The van der Waals surface area contributed by atoms with Gasteiger partial charge >= 0.3 is 0 Å². The SMILES string of the molecule is CCCOCCn1ccc(C(NC)C2CC2)c1. The van der Waals surface area contributed by atoms with Crippen molar-refractivity contribution < 1.29 is 4.74 Å². The Hall–Kier alpha value is -0.800. The monoisotopic (exact) mass is 236 g/mol. The highest BCUT2D eigenvalue weighted by Gasteiger charge is 2.31. The Morgan fingerprint density at radius 1 is 1.47 bits per heavy atom. The topological polar surface area (TPSA) is 26.2 Å². The molecule has 1 aromatic heterocycles. The van der Waals surface area contributed by atoms with E-state index in [1.165, 1.54) is 18.4 Å². The van der Waals surface area contributed by atoms with E-state index in [-0.39, 0.29) is 0 Å². The van der Waals surface area contributed by atoms with Gasteiger partial charge in [0, 0.05) is 31.6 Å². The number of hydrogen-bond acceptors (Lipinski definition) is 2. The first kappa shape index (κ1) is 12.7. The van der Waals surface area contributed by atoms with Crippen LogP contribution in [0.2, 0.25) is 0 Å². The number of aromatic nitrogens is 1. The van der Waals surface area contributed by atoms with Crippen LogP contribution in [0.4, 0.5) is 0 Å². The molecular formula is C14H24N2O. The molecule has 3 heteroatoms. The molecule has 0 bridgehead atoms. The minimum absolute atomic E-state index is 0.549. The van der Waals surface area contributed by atoms with E-state index in [0.29, 0.717) is 6.04 Å². The second-order valence-corrected chi connectivity index (χ2v) is 4.90. The van der Waals surface area contributed by atoms with Gasteiger partial charge in [-0.25, -0.2) is 0 Å². The van der Waals surface area contributed by atoms with Crippen molar-refractivity contribution in [2.75, 3.05) is 20.3 Å². The lowest BCUT2D eigenvalue weighted by molar-refractivity contribution is 0.127. The van der Waals surface area contributed by atoms with Gasteiger partial charge < -0.3 is 14.6 Å². The summed E-state index contributed by atoms with van der Waals surface area (Å²) in [5, 5.41) is 3.43. The summed E-state index contributed by atoms with van der Waals surface area (Å²) >= 11 is 0. The summed E-state index contributed by atoms with van der Waals surface area (Å²) in [5.41, 5.74) is 1.42. The van der Waals surface area contributed by atoms with Crippen LogP contribution in [-0.2, 0) is 11.3 Å². The van der Waals surface area contributed by atoms with E-state index in [2.05, 4.69) is 42.3 Å². The van der Waals surface area contributed by atoms with Gasteiger partial charge in [-0.15, -0.1) is 0 Å². The molecule has 1 heterocycles. The molecule has 3 nitrogen and oxygen atoms in total. The summed E-state index contributed by atoms with van der Waals surface area (Å²) in [6.45, 7) is 4.78. The molecule has 96 valence electrons. The highest BCUT2D eigenvalue weighted by atomic mass is 16.5. The third kappa shape index (κ3) is 3.58. The third-order valence-electron chi connectivity index (χ3n) is 3.38. The van der Waals surface area contributed by atoms with Crippen LogP contribution >= 0.6 is 0 Å². The zero-order chi connectivity index (χ0) is 12.1. The van der Waals surface area contributed by atoms with E-state index in [1.807, 2.05) is 0 Å². The molecule has 1 atom stereocenters. The highest BCUT2D eigenvalue weighted by molar-refractivity contribution is 5.18. The molecule has 1 aliphatic carbocycles. The Balaban J connectivity index is 1.82. The van der Waals surface area contributed by atoms with Gasteiger partial charge in [0.1, 0.15) is 0 Å². The van der Waals surface area contributed by atoms with Crippen molar-refractivity contribution >= 4 is 0 Å². The molecule has 0 amide bonds. The van der Waals surface area contributed by atoms with Gasteiger partial charge in [0.15, 0.2) is 0 Å². The van der Waals surface area contributed by atoms with Crippen molar-refractivity contribution in [2.24, 2.45) is 5.92 Å². The van der Waals surface area contributed by atoms with Crippen molar-refractivity contribution in [3.05, 3.63) is 24.0 Å². The fraction of sp³-hybridized carbons (Fsp3) is 0.714. The largest absolute Gasteiger partial charge is 0.380 e. The molecule has 1 N–H and O–H groups in total. The van der Waals surface area contributed by atoms with E-state index in [4.69, 9.17) is 4.74 Å². The van der Waals surface area contributed by atoms with E-state index >= 15 is 0 Å². The predicted octanol–water partition coefficient (Wildman–Crippen LogP) is 2.59. The van der Waals surface area contributed by atoms with Crippen LogP contribution in [0.1, 0.15) is 37.8 Å². The zero-order valence-electron chi connectivity index (χ0n) is 11.0. The number of hydrogen-bond donors (Lipinski definition) is 1. The maximum atomic E-state index is 5.51. The summed E-state index contributed by atoms with van der Waals surface area (Å²) in [5.74, 6) is 0.854. The number of ether oxygens (including phenoxy) is 1. The first-order valence-corrected chi connectivity index (χ1v) is 6.75. The molecule has 1 aromatic rings. The Morgan fingerprint density at radius 3 is 2.94 bits per heavy atom. The van der Waals surface area contributed by atoms with Gasteiger partial charge in [0.2, 0.25) is 0 Å². The lowest BCUT2D eigenvalue weighted by atomic mass is 10.1. The molecule has 0 aromatic carbocycles. The van der Waals surface area contributed by atoms with E-state index in [0.717, 1.165) is 32.1 Å². The standard InChI is InChI=1S/C14H24N2O/c1-3-9-17-10-8-16-7-6-13(11-16)14(15-2)12-4-5-12/h6-7,11-12,14-15H,3-5,8-10H2,1-2H3. The molecule has 0 aliphatic heterocycles. The van der Waals surface area contributed by atoms with Crippen LogP contribution < -0.4 is 5.32 Å². The first-order valence-electron chi connectivity index (χ1n) is 6.75. The highest BCUT2D eigenvalue weighted by Crippen LogP contribution is 2.40. The van der Waals surface area contributed by atoms with Crippen molar-refractivity contribution in [2.45, 2.75) is 38.8 Å². The minimum Gasteiger partial charge on any atom is -0.380 e. The Bertz CT molecular complexity index is 331. The van der Waals surface area contributed by atoms with Crippen LogP contribution in [0, 0.1) is 5.92 Å². The lowest BCUT2D eigenvalue weighted by Crippen LogP contribution is -2.17. The summed E-state index contributed by atoms with van der Waals surface area (Å²) in [7, 11) is 2.06. The van der Waals surface area contributed by atoms with Crippen LogP contribution in [0.3, 0.4) is 0 Å². The van der Waals surface area contributed by atoms with Gasteiger partial charge in [-0.3, -0.25) is 0 Å². The van der Waals surface area contributed by atoms with Gasteiger partial charge in [-0.1, -0.05) is 6.92 Å². The maximum Gasteiger partial charge on any atom is 0.0645 e. The van der Waals surface area contributed by atoms with Crippen LogP contribution in [0.25, 0.3) is 0 Å². The summed E-state index contributed by atoms with van der Waals surface area (Å²) in [4.78, 5) is 0. The second kappa shape index (κ2) is 6.22. The Kier molecular flexibility index (Phi) is 4.63. The Labute approximate surface area is 104 Å². The number of nitrogens with zero attached hydrogens (tertiary/aromatic N) is 1. The van der Waals surface area contributed by atoms with Crippen molar-refractivity contribution in [1.29, 1.82) is 0 Å². The molecule has 0 saturated heterocycles. The van der Waals surface area contributed by atoms with Crippen LogP contribution in [-0.4, -0.2) is 24.8 Å². The molecule has 17 heavy (non-hydrogen) atoms. The molecule has 1 unspecified atom stereocenters. The molecule has 1 fully saturated rings. The third-order valence-corrected chi connectivity index (χ3v) is 3.38. The molecular weight excluding hydrogens is 212 g/mol. The van der Waals surface area contributed by atoms with Crippen molar-refractivity contribution in [3.63, 3.8) is 0 Å². The van der Waals surface area contributed by atoms with Crippen molar-refractivity contribution in [3.8, 4) is 0 Å². The van der Waals surface area contributed by atoms with E-state index < -0.39 is 0 Å².